The molecule has 1 aliphatic rings. The first-order valence-corrected chi connectivity index (χ1v) is 11.5. The average molecular weight is 464 g/mol. The maximum Gasteiger partial charge on any atom is 0.407 e. The summed E-state index contributed by atoms with van der Waals surface area (Å²) >= 11 is 1.26. The molecule has 0 saturated heterocycles. The van der Waals surface area contributed by atoms with E-state index < -0.39 is 24.3 Å². The number of amides is 1. The molecule has 0 atom stereocenters. The van der Waals surface area contributed by atoms with Crippen molar-refractivity contribution in [1.82, 2.24) is 15.3 Å². The van der Waals surface area contributed by atoms with Crippen LogP contribution in [0.3, 0.4) is 0 Å². The molecule has 0 aromatic carbocycles. The molecule has 176 valence electrons. The lowest BCUT2D eigenvalue weighted by atomic mass is 9.80. The Labute approximate surface area is 185 Å². The number of alkyl halides is 3. The predicted molar refractivity (Wildman–Crippen MR) is 118 cm³/mol. The van der Waals surface area contributed by atoms with Crippen molar-refractivity contribution < 1.29 is 22.7 Å². The number of carbonyl (C=O) groups excluding carboxylic acids is 1. The third-order valence-electron chi connectivity index (χ3n) is 4.66. The van der Waals surface area contributed by atoms with Crippen molar-refractivity contribution in [3.05, 3.63) is 11.9 Å². The van der Waals surface area contributed by atoms with Crippen LogP contribution in [-0.2, 0) is 4.74 Å². The highest BCUT2D eigenvalue weighted by atomic mass is 32.2. The van der Waals surface area contributed by atoms with Crippen molar-refractivity contribution in [2.24, 2.45) is 5.92 Å². The SMILES string of the molecule is Cc1c(NCCSCCC(F)(F)F)ncnc1NC1CC(CNC(=O)OC(C)(C)C)C1. The third kappa shape index (κ3) is 9.84. The standard InChI is InChI=1S/C20H32F3N5O2S/c1-13-16(24-6-8-31-7-5-20(21,22)23)26-12-27-17(13)28-15-9-14(10-15)11-25-18(29)30-19(2,3)4/h12,14-15H,5-11H2,1-4H3,(H,25,29)(H2,24,26,27,28). The molecule has 0 spiro atoms. The number of nitrogens with zero attached hydrogens (tertiary/aromatic N) is 2. The zero-order chi connectivity index (χ0) is 23.1. The number of aromatic nitrogens is 2. The molecule has 0 aliphatic heterocycles. The zero-order valence-electron chi connectivity index (χ0n) is 18.4. The van der Waals surface area contributed by atoms with Crippen LogP contribution in [0.1, 0.15) is 45.6 Å². The lowest BCUT2D eigenvalue weighted by Crippen LogP contribution is -2.43. The van der Waals surface area contributed by atoms with E-state index in [1.54, 1.807) is 0 Å². The molecule has 0 unspecified atom stereocenters. The molecule has 1 heterocycles. The first kappa shape index (κ1) is 25.4. The van der Waals surface area contributed by atoms with Crippen LogP contribution in [0.2, 0.25) is 0 Å². The molecular formula is C20H32F3N5O2S. The Hall–Kier alpha value is -1.91. The fraction of sp³-hybridized carbons (Fsp3) is 0.750. The van der Waals surface area contributed by atoms with Crippen molar-refractivity contribution in [3.63, 3.8) is 0 Å². The summed E-state index contributed by atoms with van der Waals surface area (Å²) in [4.78, 5) is 20.3. The lowest BCUT2D eigenvalue weighted by Gasteiger charge is -2.36. The van der Waals surface area contributed by atoms with Crippen molar-refractivity contribution in [3.8, 4) is 0 Å². The number of carbonyl (C=O) groups is 1. The maximum atomic E-state index is 12.2. The molecule has 1 amide bonds. The van der Waals surface area contributed by atoms with Gasteiger partial charge in [-0.3, -0.25) is 0 Å². The average Bonchev–Trinajstić information content (AvgIpc) is 2.59. The second-order valence-corrected chi connectivity index (χ2v) is 9.89. The van der Waals surface area contributed by atoms with Gasteiger partial charge in [-0.15, -0.1) is 0 Å². The van der Waals surface area contributed by atoms with Crippen LogP contribution in [0.5, 0.6) is 0 Å². The van der Waals surface area contributed by atoms with Crippen LogP contribution < -0.4 is 16.0 Å². The molecule has 0 radical (unpaired) electrons. The van der Waals surface area contributed by atoms with Gasteiger partial charge in [0.25, 0.3) is 0 Å². The molecule has 31 heavy (non-hydrogen) atoms. The number of halogens is 3. The van der Waals surface area contributed by atoms with Gasteiger partial charge in [-0.2, -0.15) is 24.9 Å². The fourth-order valence-electron chi connectivity index (χ4n) is 3.06. The molecular weight excluding hydrogens is 431 g/mol. The molecule has 1 fully saturated rings. The third-order valence-corrected chi connectivity index (χ3v) is 5.65. The molecule has 1 aromatic rings. The van der Waals surface area contributed by atoms with E-state index in [-0.39, 0.29) is 11.8 Å². The van der Waals surface area contributed by atoms with Crippen molar-refractivity contribution >= 4 is 29.5 Å². The first-order valence-electron chi connectivity index (χ1n) is 10.4. The number of hydrogen-bond donors (Lipinski definition) is 3. The van der Waals surface area contributed by atoms with Gasteiger partial charge in [-0.1, -0.05) is 0 Å². The summed E-state index contributed by atoms with van der Waals surface area (Å²) in [6, 6.07) is 0.268. The van der Waals surface area contributed by atoms with Crippen molar-refractivity contribution in [2.75, 3.05) is 35.2 Å². The van der Waals surface area contributed by atoms with Gasteiger partial charge in [0.05, 0.1) is 6.42 Å². The van der Waals surface area contributed by atoms with Crippen LogP contribution in [0, 0.1) is 12.8 Å². The van der Waals surface area contributed by atoms with Crippen molar-refractivity contribution in [2.45, 2.75) is 64.8 Å². The topological polar surface area (TPSA) is 88.2 Å². The summed E-state index contributed by atoms with van der Waals surface area (Å²) in [7, 11) is 0. The number of hydrogen-bond acceptors (Lipinski definition) is 7. The molecule has 2 rings (SSSR count). The van der Waals surface area contributed by atoms with Gasteiger partial charge in [-0.05, 0) is 46.5 Å². The number of anilines is 2. The van der Waals surface area contributed by atoms with Gasteiger partial charge in [-0.25, -0.2) is 14.8 Å². The smallest absolute Gasteiger partial charge is 0.407 e. The van der Waals surface area contributed by atoms with Crippen LogP contribution in [-0.4, -0.2) is 58.5 Å². The van der Waals surface area contributed by atoms with E-state index in [2.05, 4.69) is 25.9 Å². The largest absolute Gasteiger partial charge is 0.444 e. The normalized spacial score (nSPS) is 18.8. The second-order valence-electron chi connectivity index (χ2n) is 8.66. The quantitative estimate of drug-likeness (QED) is 0.437. The number of thioether (sulfide) groups is 1. The van der Waals surface area contributed by atoms with Crippen LogP contribution >= 0.6 is 11.8 Å². The molecule has 0 bridgehead atoms. The Bertz CT molecular complexity index is 722. The second kappa shape index (κ2) is 11.1. The Morgan fingerprint density at radius 3 is 2.52 bits per heavy atom. The monoisotopic (exact) mass is 463 g/mol. The van der Waals surface area contributed by atoms with E-state index in [0.29, 0.717) is 30.6 Å². The minimum atomic E-state index is -4.10. The summed E-state index contributed by atoms with van der Waals surface area (Å²) in [5.74, 6) is 2.43. The van der Waals surface area contributed by atoms with Gasteiger partial charge >= 0.3 is 12.3 Å². The number of rotatable bonds is 10. The maximum absolute atomic E-state index is 12.2. The van der Waals surface area contributed by atoms with E-state index in [4.69, 9.17) is 4.74 Å². The van der Waals surface area contributed by atoms with Gasteiger partial charge in [0.15, 0.2) is 0 Å². The summed E-state index contributed by atoms with van der Waals surface area (Å²) in [6.07, 6.45) is -1.97. The predicted octanol–water partition coefficient (Wildman–Crippen LogP) is 4.60. The number of nitrogens with one attached hydrogen (secondary N) is 3. The Balaban J connectivity index is 1.68. The first-order chi connectivity index (χ1) is 14.4. The molecule has 1 aromatic heterocycles. The fourth-order valence-corrected chi connectivity index (χ4v) is 3.89. The highest BCUT2D eigenvalue weighted by Gasteiger charge is 2.30. The lowest BCUT2D eigenvalue weighted by molar-refractivity contribution is -0.129. The molecule has 7 nitrogen and oxygen atoms in total. The van der Waals surface area contributed by atoms with Crippen molar-refractivity contribution in [1.29, 1.82) is 0 Å². The number of ether oxygens (including phenoxy) is 1. The van der Waals surface area contributed by atoms with Gasteiger partial charge in [0, 0.05) is 36.2 Å². The van der Waals surface area contributed by atoms with Gasteiger partial charge in [0.2, 0.25) is 0 Å². The van der Waals surface area contributed by atoms with Crippen LogP contribution in [0.4, 0.5) is 29.6 Å². The molecule has 1 saturated carbocycles. The Kier molecular flexibility index (Phi) is 9.08. The summed E-state index contributed by atoms with van der Waals surface area (Å²) in [5, 5.41) is 9.37. The zero-order valence-corrected chi connectivity index (χ0v) is 19.3. The number of alkyl carbamates (subject to hydrolysis) is 1. The summed E-state index contributed by atoms with van der Waals surface area (Å²) in [6.45, 7) is 8.50. The van der Waals surface area contributed by atoms with Crippen LogP contribution in [0.15, 0.2) is 6.33 Å². The minimum absolute atomic E-state index is 0.0619. The highest BCUT2D eigenvalue weighted by molar-refractivity contribution is 7.99. The van der Waals surface area contributed by atoms with Gasteiger partial charge < -0.3 is 20.7 Å². The Morgan fingerprint density at radius 1 is 1.19 bits per heavy atom. The Morgan fingerprint density at radius 2 is 1.87 bits per heavy atom. The molecule has 3 N–H and O–H groups in total. The molecule has 1 aliphatic carbocycles. The summed E-state index contributed by atoms with van der Waals surface area (Å²) in [5.41, 5.74) is 0.365. The van der Waals surface area contributed by atoms with E-state index in [9.17, 15) is 18.0 Å². The van der Waals surface area contributed by atoms with E-state index in [1.807, 2.05) is 27.7 Å². The van der Waals surface area contributed by atoms with Gasteiger partial charge in [0.1, 0.15) is 23.6 Å². The summed E-state index contributed by atoms with van der Waals surface area (Å²) < 4.78 is 41.7. The van der Waals surface area contributed by atoms with Crippen LogP contribution in [0.25, 0.3) is 0 Å². The minimum Gasteiger partial charge on any atom is -0.444 e. The van der Waals surface area contributed by atoms with E-state index in [0.717, 1.165) is 24.2 Å². The van der Waals surface area contributed by atoms with E-state index in [1.165, 1.54) is 18.1 Å². The van der Waals surface area contributed by atoms with E-state index >= 15 is 0 Å². The molecule has 11 heteroatoms. The highest BCUT2D eigenvalue weighted by Crippen LogP contribution is 2.31.